The van der Waals surface area contributed by atoms with Crippen LogP contribution < -0.4 is 0 Å². The van der Waals surface area contributed by atoms with E-state index in [2.05, 4.69) is 0 Å². The normalized spacial score (nSPS) is 12.5. The summed E-state index contributed by atoms with van der Waals surface area (Å²) in [5, 5.41) is 0. The van der Waals surface area contributed by atoms with Crippen molar-refractivity contribution in [2.45, 2.75) is 47.1 Å². The lowest BCUT2D eigenvalue weighted by Crippen LogP contribution is -2.46. The molecular formula is C16H35NO4SSi. The molecule has 0 bridgehead atoms. The highest BCUT2D eigenvalue weighted by Gasteiger charge is 2.39. The van der Waals surface area contributed by atoms with Crippen molar-refractivity contribution in [1.29, 1.82) is 0 Å². The Bertz CT molecular complexity index is 323. The molecule has 0 heterocycles. The third kappa shape index (κ3) is 8.53. The highest BCUT2D eigenvalue weighted by Crippen LogP contribution is 2.26. The Morgan fingerprint density at radius 2 is 1.52 bits per heavy atom. The monoisotopic (exact) mass is 365 g/mol. The van der Waals surface area contributed by atoms with Gasteiger partial charge >= 0.3 is 8.80 Å². The molecule has 0 radical (unpaired) electrons. The highest BCUT2D eigenvalue weighted by molar-refractivity contribution is 7.99. The van der Waals surface area contributed by atoms with E-state index in [4.69, 9.17) is 13.3 Å². The zero-order chi connectivity index (χ0) is 17.9. The molecule has 1 amide bonds. The fourth-order valence-corrected chi connectivity index (χ4v) is 6.38. The van der Waals surface area contributed by atoms with Gasteiger partial charge in [-0.15, -0.1) is 0 Å². The summed E-state index contributed by atoms with van der Waals surface area (Å²) in [6.07, 6.45) is 0.975. The van der Waals surface area contributed by atoms with Gasteiger partial charge in [-0.3, -0.25) is 4.79 Å². The van der Waals surface area contributed by atoms with Crippen molar-refractivity contribution in [3.05, 3.63) is 0 Å². The number of thioether (sulfide) groups is 1. The molecule has 0 spiro atoms. The Labute approximate surface area is 147 Å². The SMILES string of the molecule is CCO[Si](CCCSCC(C)(C)C(=O)N(C)C)(OCC)OCC. The molecule has 0 aromatic carbocycles. The lowest BCUT2D eigenvalue weighted by Gasteiger charge is -2.29. The second-order valence-electron chi connectivity index (χ2n) is 6.22. The van der Waals surface area contributed by atoms with Gasteiger partial charge in [-0.1, -0.05) is 13.8 Å². The molecule has 7 heteroatoms. The van der Waals surface area contributed by atoms with Gasteiger partial charge in [-0.25, -0.2) is 0 Å². The van der Waals surface area contributed by atoms with Crippen LogP contribution in [0.4, 0.5) is 0 Å². The Morgan fingerprint density at radius 1 is 1.04 bits per heavy atom. The van der Waals surface area contributed by atoms with Gasteiger partial charge in [0, 0.05) is 45.7 Å². The minimum Gasteiger partial charge on any atom is -0.374 e. The van der Waals surface area contributed by atoms with Crippen molar-refractivity contribution in [3.63, 3.8) is 0 Å². The molecular weight excluding hydrogens is 330 g/mol. The highest BCUT2D eigenvalue weighted by atomic mass is 32.2. The van der Waals surface area contributed by atoms with Gasteiger partial charge < -0.3 is 18.2 Å². The van der Waals surface area contributed by atoms with Crippen LogP contribution in [0.1, 0.15) is 41.0 Å². The first-order chi connectivity index (χ1) is 10.7. The summed E-state index contributed by atoms with van der Waals surface area (Å²) in [6, 6.07) is 0.831. The first kappa shape index (κ1) is 22.9. The fraction of sp³-hybridized carbons (Fsp3) is 0.938. The van der Waals surface area contributed by atoms with Crippen molar-refractivity contribution in [1.82, 2.24) is 4.90 Å². The van der Waals surface area contributed by atoms with E-state index < -0.39 is 8.80 Å². The quantitative estimate of drug-likeness (QED) is 0.370. The topological polar surface area (TPSA) is 48.0 Å². The average Bonchev–Trinajstić information content (AvgIpc) is 2.46. The Hall–Kier alpha value is -0.0831. The molecule has 138 valence electrons. The zero-order valence-corrected chi connectivity index (χ0v) is 17.8. The summed E-state index contributed by atoms with van der Waals surface area (Å²) in [6.45, 7) is 11.8. The lowest BCUT2D eigenvalue weighted by atomic mass is 9.95. The summed E-state index contributed by atoms with van der Waals surface area (Å²) >= 11 is 1.81. The first-order valence-electron chi connectivity index (χ1n) is 8.46. The van der Waals surface area contributed by atoms with E-state index in [1.54, 1.807) is 19.0 Å². The van der Waals surface area contributed by atoms with Crippen molar-refractivity contribution < 1.29 is 18.1 Å². The number of nitrogens with zero attached hydrogens (tertiary/aromatic N) is 1. The van der Waals surface area contributed by atoms with Crippen LogP contribution in [-0.4, -0.2) is 65.0 Å². The molecule has 0 atom stereocenters. The lowest BCUT2D eigenvalue weighted by molar-refractivity contribution is -0.136. The van der Waals surface area contributed by atoms with E-state index >= 15 is 0 Å². The van der Waals surface area contributed by atoms with Crippen LogP contribution in [0.15, 0.2) is 0 Å². The van der Waals surface area contributed by atoms with Crippen LogP contribution in [0.3, 0.4) is 0 Å². The van der Waals surface area contributed by atoms with Gasteiger partial charge in [0.2, 0.25) is 5.91 Å². The number of amides is 1. The maximum absolute atomic E-state index is 12.1. The molecule has 0 aliphatic rings. The largest absolute Gasteiger partial charge is 0.500 e. The zero-order valence-electron chi connectivity index (χ0n) is 15.9. The number of rotatable bonds is 13. The summed E-state index contributed by atoms with van der Waals surface area (Å²) in [5.74, 6) is 1.97. The van der Waals surface area contributed by atoms with Gasteiger partial charge in [-0.2, -0.15) is 11.8 Å². The third-order valence-electron chi connectivity index (χ3n) is 3.31. The van der Waals surface area contributed by atoms with Gasteiger partial charge in [0.15, 0.2) is 0 Å². The van der Waals surface area contributed by atoms with E-state index in [0.29, 0.717) is 19.8 Å². The smallest absolute Gasteiger partial charge is 0.374 e. The standard InChI is InChI=1S/C16H35NO4SSi/c1-8-19-23(20-9-2,21-10-3)13-11-12-22-14-16(4,5)15(18)17(6)7/h8-14H2,1-7H3. The van der Waals surface area contributed by atoms with Gasteiger partial charge in [0.1, 0.15) is 0 Å². The minimum absolute atomic E-state index is 0.173. The van der Waals surface area contributed by atoms with Crippen LogP contribution in [0.2, 0.25) is 6.04 Å². The van der Waals surface area contributed by atoms with E-state index in [0.717, 1.165) is 24.0 Å². The minimum atomic E-state index is -2.52. The van der Waals surface area contributed by atoms with E-state index in [1.165, 1.54) is 0 Å². The van der Waals surface area contributed by atoms with E-state index in [9.17, 15) is 4.79 Å². The number of carbonyl (C=O) groups is 1. The molecule has 0 aromatic heterocycles. The van der Waals surface area contributed by atoms with Crippen LogP contribution >= 0.6 is 11.8 Å². The summed E-state index contributed by atoms with van der Waals surface area (Å²) in [7, 11) is 1.09. The Morgan fingerprint density at radius 3 is 1.91 bits per heavy atom. The van der Waals surface area contributed by atoms with Crippen molar-refractivity contribution in [3.8, 4) is 0 Å². The summed E-state index contributed by atoms with van der Waals surface area (Å²) < 4.78 is 17.6. The molecule has 0 saturated heterocycles. The number of carbonyl (C=O) groups excluding carboxylic acids is 1. The molecule has 0 saturated carbocycles. The van der Waals surface area contributed by atoms with Crippen LogP contribution in [0.5, 0.6) is 0 Å². The fourth-order valence-electron chi connectivity index (χ4n) is 2.39. The summed E-state index contributed by atoms with van der Waals surface area (Å²) in [5.41, 5.74) is -0.331. The van der Waals surface area contributed by atoms with Gasteiger partial charge in [-0.05, 0) is 32.9 Å². The maximum Gasteiger partial charge on any atom is 0.500 e. The second kappa shape index (κ2) is 11.5. The molecule has 0 aliphatic heterocycles. The van der Waals surface area contributed by atoms with Crippen molar-refractivity contribution in [2.24, 2.45) is 5.41 Å². The van der Waals surface area contributed by atoms with Crippen molar-refractivity contribution in [2.75, 3.05) is 45.4 Å². The average molecular weight is 366 g/mol. The maximum atomic E-state index is 12.1. The Balaban J connectivity index is 4.32. The molecule has 0 fully saturated rings. The van der Waals surface area contributed by atoms with Gasteiger partial charge in [0.25, 0.3) is 0 Å². The first-order valence-corrected chi connectivity index (χ1v) is 11.5. The molecule has 0 aliphatic carbocycles. The molecule has 0 rings (SSSR count). The van der Waals surface area contributed by atoms with Crippen LogP contribution in [-0.2, 0) is 18.1 Å². The number of hydrogen-bond donors (Lipinski definition) is 0. The molecule has 0 N–H and O–H groups in total. The van der Waals surface area contributed by atoms with Crippen molar-refractivity contribution >= 4 is 26.5 Å². The predicted molar refractivity (Wildman–Crippen MR) is 99.9 cm³/mol. The van der Waals surface area contributed by atoms with Crippen LogP contribution in [0.25, 0.3) is 0 Å². The molecule has 5 nitrogen and oxygen atoms in total. The summed E-state index contributed by atoms with van der Waals surface area (Å²) in [4.78, 5) is 13.8. The van der Waals surface area contributed by atoms with E-state index in [1.807, 2.05) is 46.4 Å². The molecule has 0 aromatic rings. The van der Waals surface area contributed by atoms with Crippen LogP contribution in [0, 0.1) is 5.41 Å². The van der Waals surface area contributed by atoms with Gasteiger partial charge in [0.05, 0.1) is 5.41 Å². The molecule has 23 heavy (non-hydrogen) atoms. The predicted octanol–water partition coefficient (Wildman–Crippen LogP) is 3.27. The van der Waals surface area contributed by atoms with E-state index in [-0.39, 0.29) is 11.3 Å². The number of hydrogen-bond acceptors (Lipinski definition) is 5. The Kier molecular flexibility index (Phi) is 11.4. The third-order valence-corrected chi connectivity index (χ3v) is 7.97. The second-order valence-corrected chi connectivity index (χ2v) is 10.1. The molecule has 0 unspecified atom stereocenters.